The lowest BCUT2D eigenvalue weighted by atomic mass is 10.1. The fraction of sp³-hybridized carbons (Fsp3) is 0.889. The monoisotopic (exact) mass is 186 g/mol. The molecule has 13 heavy (non-hydrogen) atoms. The Labute approximate surface area is 79.2 Å². The maximum atomic E-state index is 11.1. The van der Waals surface area contributed by atoms with E-state index in [-0.39, 0.29) is 11.9 Å². The summed E-state index contributed by atoms with van der Waals surface area (Å²) in [4.78, 5) is 13.3. The van der Waals surface area contributed by atoms with E-state index in [0.29, 0.717) is 6.04 Å². The minimum Gasteiger partial charge on any atom is -0.469 e. The van der Waals surface area contributed by atoms with Crippen LogP contribution in [0.25, 0.3) is 0 Å². The second-order valence-corrected chi connectivity index (χ2v) is 3.68. The number of carbonyl (C=O) groups excluding carboxylic acids is 1. The number of nitrogens with one attached hydrogen (secondary N) is 1. The van der Waals surface area contributed by atoms with E-state index in [1.807, 2.05) is 14.0 Å². The molecule has 0 spiro atoms. The molecule has 0 amide bonds. The van der Waals surface area contributed by atoms with Crippen LogP contribution in [0.5, 0.6) is 0 Å². The Hall–Kier alpha value is -0.610. The number of rotatable bonds is 4. The highest BCUT2D eigenvalue weighted by molar-refractivity contribution is 5.72. The molecule has 76 valence electrons. The molecule has 1 aliphatic rings. The van der Waals surface area contributed by atoms with Crippen LogP contribution in [-0.4, -0.2) is 50.7 Å². The molecule has 1 rings (SSSR count). The fourth-order valence-corrected chi connectivity index (χ4v) is 1.44. The van der Waals surface area contributed by atoms with Gasteiger partial charge in [0.1, 0.15) is 0 Å². The topological polar surface area (TPSA) is 41.6 Å². The van der Waals surface area contributed by atoms with Crippen LogP contribution in [0.4, 0.5) is 0 Å². The molecule has 0 aromatic heterocycles. The highest BCUT2D eigenvalue weighted by atomic mass is 16.5. The van der Waals surface area contributed by atoms with Crippen LogP contribution in [0.3, 0.4) is 0 Å². The average molecular weight is 186 g/mol. The number of hydrogen-bond donors (Lipinski definition) is 1. The van der Waals surface area contributed by atoms with E-state index >= 15 is 0 Å². The lowest BCUT2D eigenvalue weighted by molar-refractivity contribution is -0.145. The Morgan fingerprint density at radius 2 is 2.31 bits per heavy atom. The van der Waals surface area contributed by atoms with Crippen molar-refractivity contribution in [3.8, 4) is 0 Å². The van der Waals surface area contributed by atoms with E-state index in [9.17, 15) is 4.79 Å². The molecule has 1 aliphatic heterocycles. The van der Waals surface area contributed by atoms with Crippen molar-refractivity contribution in [3.05, 3.63) is 0 Å². The van der Waals surface area contributed by atoms with Gasteiger partial charge in [-0.2, -0.15) is 0 Å². The van der Waals surface area contributed by atoms with Crippen molar-refractivity contribution in [3.63, 3.8) is 0 Å². The first-order chi connectivity index (χ1) is 6.15. The van der Waals surface area contributed by atoms with E-state index in [4.69, 9.17) is 0 Å². The molecule has 0 aromatic rings. The third-order valence-electron chi connectivity index (χ3n) is 2.55. The quantitative estimate of drug-likeness (QED) is 0.612. The van der Waals surface area contributed by atoms with E-state index < -0.39 is 0 Å². The minimum atomic E-state index is -0.126. The second-order valence-electron chi connectivity index (χ2n) is 3.68. The van der Waals surface area contributed by atoms with Gasteiger partial charge in [0.2, 0.25) is 0 Å². The van der Waals surface area contributed by atoms with Gasteiger partial charge in [0, 0.05) is 25.7 Å². The van der Waals surface area contributed by atoms with E-state index in [2.05, 4.69) is 15.0 Å². The molecule has 4 heteroatoms. The van der Waals surface area contributed by atoms with Gasteiger partial charge in [-0.1, -0.05) is 6.92 Å². The lowest BCUT2D eigenvalue weighted by Gasteiger charge is -2.36. The Kier molecular flexibility index (Phi) is 3.69. The van der Waals surface area contributed by atoms with E-state index in [1.165, 1.54) is 7.11 Å². The van der Waals surface area contributed by atoms with Gasteiger partial charge in [0.25, 0.3) is 0 Å². The molecule has 1 fully saturated rings. The van der Waals surface area contributed by atoms with Gasteiger partial charge in [-0.3, -0.25) is 4.79 Å². The Bertz CT molecular complexity index is 180. The summed E-state index contributed by atoms with van der Waals surface area (Å²) in [5.74, 6) is -0.158. The van der Waals surface area contributed by atoms with Gasteiger partial charge in [0.05, 0.1) is 13.0 Å². The zero-order chi connectivity index (χ0) is 9.84. The van der Waals surface area contributed by atoms with Gasteiger partial charge in [-0.25, -0.2) is 0 Å². The first-order valence-corrected chi connectivity index (χ1v) is 4.64. The maximum Gasteiger partial charge on any atom is 0.309 e. The SMILES string of the molecule is COC(=O)C(C)CN(C)C1CNC1. The van der Waals surface area contributed by atoms with Gasteiger partial charge in [-0.05, 0) is 7.05 Å². The van der Waals surface area contributed by atoms with Gasteiger partial charge in [0.15, 0.2) is 0 Å². The maximum absolute atomic E-state index is 11.1. The standard InChI is InChI=1S/C9H18N2O2/c1-7(9(12)13-3)6-11(2)8-4-10-5-8/h7-8,10H,4-6H2,1-3H3. The zero-order valence-corrected chi connectivity index (χ0v) is 8.54. The molecule has 1 unspecified atom stereocenters. The molecule has 0 bridgehead atoms. The zero-order valence-electron chi connectivity index (χ0n) is 8.54. The average Bonchev–Trinajstić information content (AvgIpc) is 1.99. The van der Waals surface area contributed by atoms with E-state index in [0.717, 1.165) is 19.6 Å². The Morgan fingerprint density at radius 1 is 1.69 bits per heavy atom. The van der Waals surface area contributed by atoms with Gasteiger partial charge >= 0.3 is 5.97 Å². The molecule has 1 heterocycles. The van der Waals surface area contributed by atoms with Crippen LogP contribution in [0, 0.1) is 5.92 Å². The predicted molar refractivity (Wildman–Crippen MR) is 50.5 cm³/mol. The largest absolute Gasteiger partial charge is 0.469 e. The number of methoxy groups -OCH3 is 1. The van der Waals surface area contributed by atoms with Crippen LogP contribution >= 0.6 is 0 Å². The third kappa shape index (κ3) is 2.67. The van der Waals surface area contributed by atoms with Crippen molar-refractivity contribution < 1.29 is 9.53 Å². The first kappa shape index (κ1) is 10.5. The molecule has 0 saturated carbocycles. The summed E-state index contributed by atoms with van der Waals surface area (Å²) in [7, 11) is 3.48. The van der Waals surface area contributed by atoms with Crippen molar-refractivity contribution in [2.24, 2.45) is 5.92 Å². The fourth-order valence-electron chi connectivity index (χ4n) is 1.44. The van der Waals surface area contributed by atoms with E-state index in [1.54, 1.807) is 0 Å². The van der Waals surface area contributed by atoms with Gasteiger partial charge in [-0.15, -0.1) is 0 Å². The normalized spacial score (nSPS) is 19.7. The summed E-state index contributed by atoms with van der Waals surface area (Å²) in [6.07, 6.45) is 0. The summed E-state index contributed by atoms with van der Waals surface area (Å²) in [5, 5.41) is 3.20. The summed E-state index contributed by atoms with van der Waals surface area (Å²) in [5.41, 5.74) is 0. The third-order valence-corrected chi connectivity index (χ3v) is 2.55. The Balaban J connectivity index is 2.25. The summed E-state index contributed by atoms with van der Waals surface area (Å²) in [6, 6.07) is 0.590. The van der Waals surface area contributed by atoms with Crippen molar-refractivity contribution >= 4 is 5.97 Å². The molecular formula is C9H18N2O2. The highest BCUT2D eigenvalue weighted by Crippen LogP contribution is 2.07. The number of esters is 1. The van der Waals surface area contributed by atoms with Crippen molar-refractivity contribution in [2.75, 3.05) is 33.8 Å². The van der Waals surface area contributed by atoms with Crippen molar-refractivity contribution in [1.82, 2.24) is 10.2 Å². The Morgan fingerprint density at radius 3 is 2.69 bits per heavy atom. The minimum absolute atomic E-state index is 0.0319. The van der Waals surface area contributed by atoms with Crippen LogP contribution < -0.4 is 5.32 Å². The molecule has 0 aliphatic carbocycles. The first-order valence-electron chi connectivity index (χ1n) is 4.64. The van der Waals surface area contributed by atoms with Crippen LogP contribution in [0.15, 0.2) is 0 Å². The van der Waals surface area contributed by atoms with Crippen molar-refractivity contribution in [2.45, 2.75) is 13.0 Å². The number of likely N-dealkylation sites (N-methyl/N-ethyl adjacent to an activating group) is 1. The van der Waals surface area contributed by atoms with Crippen LogP contribution in [-0.2, 0) is 9.53 Å². The molecule has 4 nitrogen and oxygen atoms in total. The molecule has 1 atom stereocenters. The highest BCUT2D eigenvalue weighted by Gasteiger charge is 2.24. The smallest absolute Gasteiger partial charge is 0.309 e. The number of hydrogen-bond acceptors (Lipinski definition) is 4. The summed E-state index contributed by atoms with van der Waals surface area (Å²) >= 11 is 0. The molecule has 1 saturated heterocycles. The second kappa shape index (κ2) is 4.58. The molecular weight excluding hydrogens is 168 g/mol. The molecule has 0 radical (unpaired) electrons. The number of carbonyl (C=O) groups is 1. The molecule has 0 aromatic carbocycles. The molecule has 1 N–H and O–H groups in total. The summed E-state index contributed by atoms with van der Waals surface area (Å²) in [6.45, 7) is 4.74. The summed E-state index contributed by atoms with van der Waals surface area (Å²) < 4.78 is 4.66. The predicted octanol–water partition coefficient (Wildman–Crippen LogP) is -0.301. The van der Waals surface area contributed by atoms with Gasteiger partial charge < -0.3 is 15.0 Å². The number of ether oxygens (including phenoxy) is 1. The number of nitrogens with zero attached hydrogens (tertiary/aromatic N) is 1. The van der Waals surface area contributed by atoms with Crippen LogP contribution in [0.2, 0.25) is 0 Å². The van der Waals surface area contributed by atoms with Crippen LogP contribution in [0.1, 0.15) is 6.92 Å². The van der Waals surface area contributed by atoms with Crippen molar-refractivity contribution in [1.29, 1.82) is 0 Å². The lowest BCUT2D eigenvalue weighted by Crippen LogP contribution is -2.56.